The van der Waals surface area contributed by atoms with Crippen molar-refractivity contribution in [3.8, 4) is 11.8 Å². The fourth-order valence-corrected chi connectivity index (χ4v) is 1.50. The maximum absolute atomic E-state index is 11.7. The lowest BCUT2D eigenvalue weighted by Crippen LogP contribution is -2.35. The highest BCUT2D eigenvalue weighted by Crippen LogP contribution is 2.17. The molecule has 0 aromatic heterocycles. The number of hydrogen-bond acceptors (Lipinski definition) is 3. The van der Waals surface area contributed by atoms with E-state index in [0.717, 1.165) is 6.42 Å². The van der Waals surface area contributed by atoms with Crippen molar-refractivity contribution in [2.24, 2.45) is 0 Å². The maximum atomic E-state index is 11.7. The van der Waals surface area contributed by atoms with Gasteiger partial charge in [0, 0.05) is 24.2 Å². The molecule has 1 aromatic carbocycles. The summed E-state index contributed by atoms with van der Waals surface area (Å²) >= 11 is 0. The molecular weight excluding hydrogens is 254 g/mol. The van der Waals surface area contributed by atoms with E-state index in [1.807, 2.05) is 26.0 Å². The van der Waals surface area contributed by atoms with Gasteiger partial charge in [0.1, 0.15) is 5.75 Å². The molecule has 0 bridgehead atoms. The van der Waals surface area contributed by atoms with Crippen LogP contribution in [0, 0.1) is 11.3 Å². The third-order valence-corrected chi connectivity index (χ3v) is 2.78. The lowest BCUT2D eigenvalue weighted by atomic mass is 10.2. The Bertz CT molecular complexity index is 468. The number of hydrogen-bond donors (Lipinski definition) is 2. The van der Waals surface area contributed by atoms with E-state index in [9.17, 15) is 4.79 Å². The number of amides is 2. The zero-order valence-corrected chi connectivity index (χ0v) is 12.0. The molecule has 0 aliphatic carbocycles. The van der Waals surface area contributed by atoms with Crippen molar-refractivity contribution in [2.45, 2.75) is 39.2 Å². The number of urea groups is 1. The standard InChI is InChI=1S/C15H21N3O2/c1-3-12(2)17-15(19)18-13-7-6-8-14(11-13)20-10-5-4-9-16/h6-8,11-12H,3-5,10H2,1-2H3,(H2,17,18,19). The van der Waals surface area contributed by atoms with E-state index in [2.05, 4.69) is 16.7 Å². The minimum atomic E-state index is -0.221. The fraction of sp³-hybridized carbons (Fsp3) is 0.467. The van der Waals surface area contributed by atoms with E-state index in [1.54, 1.807) is 12.1 Å². The summed E-state index contributed by atoms with van der Waals surface area (Å²) < 4.78 is 5.51. The third kappa shape index (κ3) is 6.10. The van der Waals surface area contributed by atoms with Crippen LogP contribution in [0.4, 0.5) is 10.5 Å². The summed E-state index contributed by atoms with van der Waals surface area (Å²) in [6, 6.07) is 9.20. The van der Waals surface area contributed by atoms with Crippen molar-refractivity contribution in [1.82, 2.24) is 5.32 Å². The molecular formula is C15H21N3O2. The molecule has 0 saturated carbocycles. The molecule has 0 fully saturated rings. The normalized spacial score (nSPS) is 11.2. The number of carbonyl (C=O) groups excluding carboxylic acids is 1. The van der Waals surface area contributed by atoms with Gasteiger partial charge in [-0.1, -0.05) is 13.0 Å². The summed E-state index contributed by atoms with van der Waals surface area (Å²) in [6.07, 6.45) is 2.06. The van der Waals surface area contributed by atoms with Crippen LogP contribution in [-0.2, 0) is 0 Å². The van der Waals surface area contributed by atoms with Gasteiger partial charge in [-0.15, -0.1) is 0 Å². The molecule has 20 heavy (non-hydrogen) atoms. The topological polar surface area (TPSA) is 74.2 Å². The smallest absolute Gasteiger partial charge is 0.319 e. The van der Waals surface area contributed by atoms with E-state index < -0.39 is 0 Å². The van der Waals surface area contributed by atoms with E-state index in [1.165, 1.54) is 0 Å². The summed E-state index contributed by atoms with van der Waals surface area (Å²) in [4.78, 5) is 11.7. The predicted molar refractivity (Wildman–Crippen MR) is 78.7 cm³/mol. The zero-order chi connectivity index (χ0) is 14.8. The number of unbranched alkanes of at least 4 members (excludes halogenated alkanes) is 1. The molecule has 1 aromatic rings. The highest BCUT2D eigenvalue weighted by molar-refractivity contribution is 5.89. The first kappa shape index (κ1) is 15.8. The molecule has 1 unspecified atom stereocenters. The first-order valence-corrected chi connectivity index (χ1v) is 6.83. The summed E-state index contributed by atoms with van der Waals surface area (Å²) in [5, 5.41) is 14.0. The van der Waals surface area contributed by atoms with E-state index >= 15 is 0 Å². The van der Waals surface area contributed by atoms with Crippen molar-refractivity contribution in [3.05, 3.63) is 24.3 Å². The molecule has 1 atom stereocenters. The van der Waals surface area contributed by atoms with E-state index in [4.69, 9.17) is 10.00 Å². The van der Waals surface area contributed by atoms with E-state index in [-0.39, 0.29) is 12.1 Å². The van der Waals surface area contributed by atoms with Gasteiger partial charge in [-0.3, -0.25) is 0 Å². The van der Waals surface area contributed by atoms with Crippen molar-refractivity contribution in [1.29, 1.82) is 5.26 Å². The molecule has 5 nitrogen and oxygen atoms in total. The molecule has 0 aliphatic rings. The van der Waals surface area contributed by atoms with Crippen LogP contribution < -0.4 is 15.4 Å². The molecule has 0 aliphatic heterocycles. The van der Waals surface area contributed by atoms with Crippen molar-refractivity contribution in [2.75, 3.05) is 11.9 Å². The number of ether oxygens (including phenoxy) is 1. The summed E-state index contributed by atoms with van der Waals surface area (Å²) in [5.41, 5.74) is 0.684. The molecule has 2 amide bonds. The Morgan fingerprint density at radius 1 is 1.50 bits per heavy atom. The molecule has 0 radical (unpaired) electrons. The van der Waals surface area contributed by atoms with Gasteiger partial charge < -0.3 is 15.4 Å². The summed E-state index contributed by atoms with van der Waals surface area (Å²) in [6.45, 7) is 4.46. The van der Waals surface area contributed by atoms with Gasteiger partial charge in [-0.25, -0.2) is 4.79 Å². The number of nitriles is 1. The molecule has 5 heteroatoms. The Labute approximate surface area is 119 Å². The summed E-state index contributed by atoms with van der Waals surface area (Å²) in [5.74, 6) is 0.685. The number of rotatable bonds is 7. The first-order chi connectivity index (χ1) is 9.65. The van der Waals surface area contributed by atoms with E-state index in [0.29, 0.717) is 30.9 Å². The molecule has 2 N–H and O–H groups in total. The zero-order valence-electron chi connectivity index (χ0n) is 12.0. The summed E-state index contributed by atoms with van der Waals surface area (Å²) in [7, 11) is 0. The average Bonchev–Trinajstić information content (AvgIpc) is 2.43. The molecule has 0 heterocycles. The quantitative estimate of drug-likeness (QED) is 0.750. The Kier molecular flexibility index (Phi) is 6.97. The second kappa shape index (κ2) is 8.81. The SMILES string of the molecule is CCC(C)NC(=O)Nc1cccc(OCCCC#N)c1. The minimum Gasteiger partial charge on any atom is -0.493 e. The monoisotopic (exact) mass is 275 g/mol. The van der Waals surface area contributed by atoms with Crippen molar-refractivity contribution < 1.29 is 9.53 Å². The highest BCUT2D eigenvalue weighted by Gasteiger charge is 2.05. The van der Waals surface area contributed by atoms with Gasteiger partial charge >= 0.3 is 6.03 Å². The fourth-order valence-electron chi connectivity index (χ4n) is 1.50. The van der Waals surface area contributed by atoms with Gasteiger partial charge in [0.2, 0.25) is 0 Å². The maximum Gasteiger partial charge on any atom is 0.319 e. The van der Waals surface area contributed by atoms with Crippen LogP contribution in [0.1, 0.15) is 33.1 Å². The van der Waals surface area contributed by atoms with Crippen LogP contribution in [0.25, 0.3) is 0 Å². The van der Waals surface area contributed by atoms with Crippen LogP contribution in [0.2, 0.25) is 0 Å². The third-order valence-electron chi connectivity index (χ3n) is 2.78. The van der Waals surface area contributed by atoms with Crippen LogP contribution in [0.15, 0.2) is 24.3 Å². The lowest BCUT2D eigenvalue weighted by Gasteiger charge is -2.13. The molecule has 0 saturated heterocycles. The van der Waals surface area contributed by atoms with Crippen LogP contribution in [0.5, 0.6) is 5.75 Å². The van der Waals surface area contributed by atoms with Gasteiger partial charge in [-0.05, 0) is 31.9 Å². The Morgan fingerprint density at radius 2 is 2.30 bits per heavy atom. The Balaban J connectivity index is 2.47. The van der Waals surface area contributed by atoms with Crippen molar-refractivity contribution >= 4 is 11.7 Å². The van der Waals surface area contributed by atoms with Crippen LogP contribution in [0.3, 0.4) is 0 Å². The number of nitrogens with zero attached hydrogens (tertiary/aromatic N) is 1. The molecule has 0 spiro atoms. The van der Waals surface area contributed by atoms with Gasteiger partial charge in [0.15, 0.2) is 0 Å². The number of anilines is 1. The van der Waals surface area contributed by atoms with Gasteiger partial charge in [-0.2, -0.15) is 5.26 Å². The minimum absolute atomic E-state index is 0.139. The second-order valence-electron chi connectivity index (χ2n) is 4.55. The van der Waals surface area contributed by atoms with Crippen LogP contribution >= 0.6 is 0 Å². The Morgan fingerprint density at radius 3 is 3.00 bits per heavy atom. The second-order valence-corrected chi connectivity index (χ2v) is 4.55. The molecule has 108 valence electrons. The molecule has 1 rings (SSSR count). The Hall–Kier alpha value is -2.22. The first-order valence-electron chi connectivity index (χ1n) is 6.83. The van der Waals surface area contributed by atoms with Crippen LogP contribution in [-0.4, -0.2) is 18.7 Å². The van der Waals surface area contributed by atoms with Crippen molar-refractivity contribution in [3.63, 3.8) is 0 Å². The number of benzene rings is 1. The predicted octanol–water partition coefficient (Wildman–Crippen LogP) is 3.29. The van der Waals surface area contributed by atoms with Gasteiger partial charge in [0.25, 0.3) is 0 Å². The average molecular weight is 275 g/mol. The lowest BCUT2D eigenvalue weighted by molar-refractivity contribution is 0.249. The van der Waals surface area contributed by atoms with Gasteiger partial charge in [0.05, 0.1) is 12.7 Å². The number of nitrogens with one attached hydrogen (secondary N) is 2. The largest absolute Gasteiger partial charge is 0.493 e. The highest BCUT2D eigenvalue weighted by atomic mass is 16.5. The number of carbonyl (C=O) groups is 1.